The van der Waals surface area contributed by atoms with E-state index in [-0.39, 0.29) is 10.8 Å². The second-order valence-electron chi connectivity index (χ2n) is 6.61. The summed E-state index contributed by atoms with van der Waals surface area (Å²) in [4.78, 5) is 19.8. The van der Waals surface area contributed by atoms with Gasteiger partial charge in [-0.1, -0.05) is 36.0 Å². The van der Waals surface area contributed by atoms with Gasteiger partial charge in [0.1, 0.15) is 4.83 Å². The van der Waals surface area contributed by atoms with Gasteiger partial charge in [-0.05, 0) is 48.9 Å². The molecule has 4 rings (SSSR count). The Bertz CT molecular complexity index is 1240. The molecule has 0 aliphatic rings. The van der Waals surface area contributed by atoms with Gasteiger partial charge in [0.2, 0.25) is 0 Å². The van der Waals surface area contributed by atoms with E-state index in [2.05, 4.69) is 22.1 Å². The fourth-order valence-electron chi connectivity index (χ4n) is 3.10. The molecule has 0 saturated carbocycles. The van der Waals surface area contributed by atoms with Crippen LogP contribution in [-0.2, 0) is 6.54 Å². The zero-order valence-electron chi connectivity index (χ0n) is 16.4. The van der Waals surface area contributed by atoms with E-state index in [4.69, 9.17) is 4.98 Å². The fourth-order valence-corrected chi connectivity index (χ4v) is 5.18. The van der Waals surface area contributed by atoms with E-state index in [1.165, 1.54) is 11.8 Å². The zero-order chi connectivity index (χ0) is 20.5. The molecule has 0 radical (unpaired) electrons. The summed E-state index contributed by atoms with van der Waals surface area (Å²) in [5.41, 5.74) is 1.85. The number of tetrazole rings is 1. The second kappa shape index (κ2) is 7.92. The smallest absolute Gasteiger partial charge is 0.263 e. The van der Waals surface area contributed by atoms with Crippen LogP contribution in [-0.4, -0.2) is 29.8 Å². The standard InChI is InChI=1S/C20H20N6OS2/c1-5-11-25-19(27)16-12(2)13(3)28-18(16)21-20(25)29-14(4)17-22-23-24-26(17)15-9-7-6-8-10-15/h5-10,14H,1,11H2,2-4H3/t14-/m1/s1. The van der Waals surface area contributed by atoms with Crippen LogP contribution < -0.4 is 5.56 Å². The Balaban J connectivity index is 1.77. The van der Waals surface area contributed by atoms with Crippen LogP contribution in [0.5, 0.6) is 0 Å². The zero-order valence-corrected chi connectivity index (χ0v) is 18.0. The van der Waals surface area contributed by atoms with E-state index in [0.29, 0.717) is 22.9 Å². The van der Waals surface area contributed by atoms with E-state index < -0.39 is 0 Å². The minimum absolute atomic E-state index is 0.0332. The average molecular weight is 425 g/mol. The Morgan fingerprint density at radius 1 is 1.28 bits per heavy atom. The Morgan fingerprint density at radius 2 is 2.03 bits per heavy atom. The van der Waals surface area contributed by atoms with Gasteiger partial charge in [-0.25, -0.2) is 4.98 Å². The summed E-state index contributed by atoms with van der Waals surface area (Å²) in [5.74, 6) is 0.694. The van der Waals surface area contributed by atoms with Gasteiger partial charge in [0.15, 0.2) is 11.0 Å². The van der Waals surface area contributed by atoms with Crippen molar-refractivity contribution in [2.45, 2.75) is 37.7 Å². The van der Waals surface area contributed by atoms with Gasteiger partial charge in [-0.3, -0.25) is 9.36 Å². The number of thiophene rings is 1. The van der Waals surface area contributed by atoms with Crippen molar-refractivity contribution in [2.24, 2.45) is 0 Å². The lowest BCUT2D eigenvalue weighted by Gasteiger charge is -2.14. The van der Waals surface area contributed by atoms with E-state index in [9.17, 15) is 4.79 Å². The molecule has 3 heterocycles. The third-order valence-electron chi connectivity index (χ3n) is 4.71. The topological polar surface area (TPSA) is 78.5 Å². The molecule has 148 valence electrons. The number of benzene rings is 1. The van der Waals surface area contributed by atoms with Gasteiger partial charge in [0, 0.05) is 11.4 Å². The van der Waals surface area contributed by atoms with Crippen LogP contribution in [0.1, 0.15) is 28.4 Å². The van der Waals surface area contributed by atoms with Gasteiger partial charge in [-0.2, -0.15) is 4.68 Å². The summed E-state index contributed by atoms with van der Waals surface area (Å²) >= 11 is 3.02. The van der Waals surface area contributed by atoms with E-state index in [0.717, 1.165) is 21.0 Å². The SMILES string of the molecule is C=CCn1c(S[C@H](C)c2nnnn2-c2ccccc2)nc2sc(C)c(C)c2c1=O. The minimum atomic E-state index is -0.118. The number of para-hydroxylation sites is 1. The minimum Gasteiger partial charge on any atom is -0.283 e. The Hall–Kier alpha value is -2.78. The van der Waals surface area contributed by atoms with Crippen molar-refractivity contribution >= 4 is 33.3 Å². The first-order valence-corrected chi connectivity index (χ1v) is 10.8. The summed E-state index contributed by atoms with van der Waals surface area (Å²) in [6.45, 7) is 10.2. The molecule has 3 aromatic heterocycles. The molecule has 9 heteroatoms. The van der Waals surface area contributed by atoms with Gasteiger partial charge in [0.05, 0.1) is 16.3 Å². The van der Waals surface area contributed by atoms with Crippen LogP contribution in [0.25, 0.3) is 15.9 Å². The third kappa shape index (κ3) is 3.51. The first-order valence-electron chi connectivity index (χ1n) is 9.13. The molecule has 0 unspecified atom stereocenters. The highest BCUT2D eigenvalue weighted by atomic mass is 32.2. The number of nitrogens with zero attached hydrogens (tertiary/aromatic N) is 6. The third-order valence-corrected chi connectivity index (χ3v) is 6.89. The quantitative estimate of drug-likeness (QED) is 0.264. The number of aromatic nitrogens is 6. The highest BCUT2D eigenvalue weighted by molar-refractivity contribution is 7.99. The average Bonchev–Trinajstić information content (AvgIpc) is 3.31. The van der Waals surface area contributed by atoms with E-state index in [1.807, 2.05) is 51.1 Å². The molecule has 0 saturated heterocycles. The molecule has 1 atom stereocenters. The predicted molar refractivity (Wildman–Crippen MR) is 117 cm³/mol. The normalized spacial score (nSPS) is 12.4. The van der Waals surface area contributed by atoms with Crippen LogP contribution >= 0.6 is 23.1 Å². The Morgan fingerprint density at radius 3 is 2.76 bits per heavy atom. The maximum Gasteiger partial charge on any atom is 0.263 e. The number of hydrogen-bond acceptors (Lipinski definition) is 7. The van der Waals surface area contributed by atoms with E-state index in [1.54, 1.807) is 26.7 Å². The highest BCUT2D eigenvalue weighted by Crippen LogP contribution is 2.35. The van der Waals surface area contributed by atoms with Crippen molar-refractivity contribution in [1.82, 2.24) is 29.8 Å². The summed E-state index contributed by atoms with van der Waals surface area (Å²) in [5, 5.41) is 13.4. The molecular formula is C20H20N6OS2. The number of rotatable bonds is 6. The summed E-state index contributed by atoms with van der Waals surface area (Å²) in [6.07, 6.45) is 1.71. The van der Waals surface area contributed by atoms with Gasteiger partial charge >= 0.3 is 0 Å². The predicted octanol–water partition coefficient (Wildman–Crippen LogP) is 4.09. The molecule has 7 nitrogen and oxygen atoms in total. The summed E-state index contributed by atoms with van der Waals surface area (Å²) in [7, 11) is 0. The number of fused-ring (bicyclic) bond motifs is 1. The Labute approximate surface area is 176 Å². The van der Waals surface area contributed by atoms with Crippen molar-refractivity contribution < 1.29 is 0 Å². The van der Waals surface area contributed by atoms with Gasteiger partial charge in [0.25, 0.3) is 5.56 Å². The van der Waals surface area contributed by atoms with Crippen LogP contribution in [0, 0.1) is 13.8 Å². The highest BCUT2D eigenvalue weighted by Gasteiger charge is 2.22. The molecule has 0 spiro atoms. The Kier molecular flexibility index (Phi) is 5.33. The molecule has 0 fully saturated rings. The van der Waals surface area contributed by atoms with Crippen molar-refractivity contribution in [2.75, 3.05) is 0 Å². The van der Waals surface area contributed by atoms with E-state index >= 15 is 0 Å². The van der Waals surface area contributed by atoms with Crippen molar-refractivity contribution in [3.05, 3.63) is 69.6 Å². The largest absolute Gasteiger partial charge is 0.283 e. The van der Waals surface area contributed by atoms with Crippen LogP contribution in [0.3, 0.4) is 0 Å². The lowest BCUT2D eigenvalue weighted by Crippen LogP contribution is -2.23. The first kappa shape index (κ1) is 19.5. The maximum atomic E-state index is 13.2. The lowest BCUT2D eigenvalue weighted by molar-refractivity contribution is 0.669. The van der Waals surface area contributed by atoms with Crippen LogP contribution in [0.2, 0.25) is 0 Å². The number of aryl methyl sites for hydroxylation is 2. The van der Waals surface area contributed by atoms with Gasteiger partial charge in [-0.15, -0.1) is 23.0 Å². The molecule has 29 heavy (non-hydrogen) atoms. The molecular weight excluding hydrogens is 404 g/mol. The molecule has 0 aliphatic heterocycles. The molecule has 1 aromatic carbocycles. The van der Waals surface area contributed by atoms with Crippen LogP contribution in [0.15, 0.2) is 52.9 Å². The fraction of sp³-hybridized carbons (Fsp3) is 0.250. The molecule has 0 aliphatic carbocycles. The summed E-state index contributed by atoms with van der Waals surface area (Å²) in [6, 6.07) is 9.73. The molecule has 0 N–H and O–H groups in total. The number of hydrogen-bond donors (Lipinski definition) is 0. The van der Waals surface area contributed by atoms with Crippen molar-refractivity contribution in [1.29, 1.82) is 0 Å². The molecule has 0 amide bonds. The van der Waals surface area contributed by atoms with Crippen molar-refractivity contribution in [3.63, 3.8) is 0 Å². The van der Waals surface area contributed by atoms with Crippen molar-refractivity contribution in [3.8, 4) is 5.69 Å². The second-order valence-corrected chi connectivity index (χ2v) is 9.12. The summed E-state index contributed by atoms with van der Waals surface area (Å²) < 4.78 is 3.39. The first-order chi connectivity index (χ1) is 14.0. The monoisotopic (exact) mass is 424 g/mol. The maximum absolute atomic E-state index is 13.2. The molecule has 0 bridgehead atoms. The number of thioether (sulfide) groups is 1. The van der Waals surface area contributed by atoms with Crippen LogP contribution in [0.4, 0.5) is 0 Å². The number of allylic oxidation sites excluding steroid dienone is 1. The molecule has 4 aromatic rings. The van der Waals surface area contributed by atoms with Gasteiger partial charge < -0.3 is 0 Å². The lowest BCUT2D eigenvalue weighted by atomic mass is 10.2.